The molecule has 0 heterocycles. The fourth-order valence-corrected chi connectivity index (χ4v) is 4.52. The van der Waals surface area contributed by atoms with Crippen molar-refractivity contribution in [2.75, 3.05) is 0 Å². The lowest BCUT2D eigenvalue weighted by Crippen LogP contribution is -2.36. The van der Waals surface area contributed by atoms with Crippen LogP contribution in [0, 0.1) is 5.82 Å². The van der Waals surface area contributed by atoms with Crippen LogP contribution in [0.5, 0.6) is 0 Å². The Hall–Kier alpha value is -2.25. The zero-order chi connectivity index (χ0) is 19.3. The van der Waals surface area contributed by atoms with E-state index in [2.05, 4.69) is 10.0 Å². The van der Waals surface area contributed by atoms with Gasteiger partial charge < -0.3 is 5.32 Å². The van der Waals surface area contributed by atoms with E-state index in [0.717, 1.165) is 32.1 Å². The molecule has 144 valence electrons. The molecule has 3 rings (SSSR count). The molecule has 2 aromatic carbocycles. The van der Waals surface area contributed by atoms with E-state index in [-0.39, 0.29) is 29.2 Å². The van der Waals surface area contributed by atoms with Crippen LogP contribution in [0.3, 0.4) is 0 Å². The smallest absolute Gasteiger partial charge is 0.251 e. The molecule has 0 bridgehead atoms. The second-order valence-corrected chi connectivity index (χ2v) is 8.47. The van der Waals surface area contributed by atoms with Crippen molar-refractivity contribution in [2.45, 2.75) is 49.6 Å². The molecular weight excluding hydrogens is 367 g/mol. The van der Waals surface area contributed by atoms with Crippen LogP contribution in [-0.4, -0.2) is 20.4 Å². The molecule has 1 amide bonds. The average Bonchev–Trinajstić information content (AvgIpc) is 2.68. The third-order valence-electron chi connectivity index (χ3n) is 4.75. The van der Waals surface area contributed by atoms with Crippen LogP contribution < -0.4 is 10.0 Å². The van der Waals surface area contributed by atoms with Crippen molar-refractivity contribution in [3.05, 3.63) is 65.5 Å². The lowest BCUT2D eigenvalue weighted by atomic mass is 9.96. The van der Waals surface area contributed by atoms with Crippen LogP contribution in [0.4, 0.5) is 4.39 Å². The highest BCUT2D eigenvalue weighted by atomic mass is 32.2. The van der Waals surface area contributed by atoms with E-state index in [9.17, 15) is 17.6 Å². The minimum Gasteiger partial charge on any atom is -0.348 e. The molecule has 2 aromatic rings. The summed E-state index contributed by atoms with van der Waals surface area (Å²) < 4.78 is 41.3. The molecule has 1 aliphatic rings. The highest BCUT2D eigenvalue weighted by molar-refractivity contribution is 7.89. The summed E-state index contributed by atoms with van der Waals surface area (Å²) in [6.45, 7) is 0.0643. The summed E-state index contributed by atoms with van der Waals surface area (Å²) in [5.41, 5.74) is 0.713. The van der Waals surface area contributed by atoms with Crippen molar-refractivity contribution in [1.82, 2.24) is 10.0 Å². The fourth-order valence-electron chi connectivity index (χ4n) is 3.21. The number of amides is 1. The first-order valence-corrected chi connectivity index (χ1v) is 10.6. The first-order chi connectivity index (χ1) is 13.0. The van der Waals surface area contributed by atoms with Crippen LogP contribution in [-0.2, 0) is 16.6 Å². The van der Waals surface area contributed by atoms with Gasteiger partial charge in [0.05, 0.1) is 4.90 Å². The highest BCUT2D eigenvalue weighted by Crippen LogP contribution is 2.20. The molecule has 0 aliphatic heterocycles. The van der Waals surface area contributed by atoms with Crippen LogP contribution >= 0.6 is 0 Å². The summed E-state index contributed by atoms with van der Waals surface area (Å²) in [6.07, 6.45) is 4.93. The average molecular weight is 390 g/mol. The van der Waals surface area contributed by atoms with Gasteiger partial charge in [0.1, 0.15) is 5.82 Å². The fraction of sp³-hybridized carbons (Fsp3) is 0.350. The number of benzene rings is 2. The van der Waals surface area contributed by atoms with Gasteiger partial charge in [0.25, 0.3) is 5.91 Å². The molecule has 0 unspecified atom stereocenters. The van der Waals surface area contributed by atoms with Gasteiger partial charge >= 0.3 is 0 Å². The van der Waals surface area contributed by atoms with Crippen molar-refractivity contribution < 1.29 is 17.6 Å². The Labute approximate surface area is 159 Å². The molecule has 5 nitrogen and oxygen atoms in total. The zero-order valence-electron chi connectivity index (χ0n) is 14.9. The molecule has 0 radical (unpaired) electrons. The topological polar surface area (TPSA) is 75.3 Å². The van der Waals surface area contributed by atoms with Gasteiger partial charge in [-0.05, 0) is 43.2 Å². The number of hydrogen-bond acceptors (Lipinski definition) is 3. The standard InChI is InChI=1S/C20H23FN2O3S/c21-19-9-5-4-6-16(19)14-22-20(24)15-10-12-18(13-11-15)27(25,26)23-17-7-2-1-3-8-17/h4-6,9-13,17,23H,1-3,7-8,14H2,(H,22,24). The normalized spacial score (nSPS) is 15.4. The predicted octanol–water partition coefficient (Wildman–Crippen LogP) is 3.37. The van der Waals surface area contributed by atoms with Crippen LogP contribution in [0.2, 0.25) is 0 Å². The Morgan fingerprint density at radius 2 is 1.67 bits per heavy atom. The van der Waals surface area contributed by atoms with Crippen molar-refractivity contribution in [3.63, 3.8) is 0 Å². The second-order valence-electron chi connectivity index (χ2n) is 6.75. The van der Waals surface area contributed by atoms with Crippen molar-refractivity contribution in [3.8, 4) is 0 Å². The summed E-state index contributed by atoms with van der Waals surface area (Å²) in [6, 6.07) is 12.0. The largest absolute Gasteiger partial charge is 0.348 e. The molecule has 1 aliphatic carbocycles. The van der Waals surface area contributed by atoms with Gasteiger partial charge in [-0.3, -0.25) is 4.79 Å². The van der Waals surface area contributed by atoms with Gasteiger partial charge in [-0.1, -0.05) is 37.5 Å². The molecule has 2 N–H and O–H groups in total. The highest BCUT2D eigenvalue weighted by Gasteiger charge is 2.22. The molecule has 0 aromatic heterocycles. The van der Waals surface area contributed by atoms with Crippen molar-refractivity contribution in [2.24, 2.45) is 0 Å². The number of sulfonamides is 1. The summed E-state index contributed by atoms with van der Waals surface area (Å²) in [7, 11) is -3.59. The third-order valence-corrected chi connectivity index (χ3v) is 6.29. The molecule has 1 saturated carbocycles. The summed E-state index contributed by atoms with van der Waals surface area (Å²) in [4.78, 5) is 12.3. The van der Waals surface area contributed by atoms with Gasteiger partial charge in [-0.15, -0.1) is 0 Å². The zero-order valence-corrected chi connectivity index (χ0v) is 15.8. The van der Waals surface area contributed by atoms with Gasteiger partial charge in [0, 0.05) is 23.7 Å². The van der Waals surface area contributed by atoms with E-state index < -0.39 is 10.0 Å². The molecule has 0 spiro atoms. The minimum atomic E-state index is -3.59. The number of carbonyl (C=O) groups is 1. The number of halogens is 1. The molecule has 1 fully saturated rings. The van der Waals surface area contributed by atoms with E-state index in [4.69, 9.17) is 0 Å². The van der Waals surface area contributed by atoms with Gasteiger partial charge in [-0.25, -0.2) is 17.5 Å². The predicted molar refractivity (Wildman–Crippen MR) is 101 cm³/mol. The van der Waals surface area contributed by atoms with Crippen LogP contribution in [0.1, 0.15) is 48.0 Å². The molecular formula is C20H23FN2O3S. The molecule has 0 saturated heterocycles. The molecule has 7 heteroatoms. The lowest BCUT2D eigenvalue weighted by molar-refractivity contribution is 0.0950. The van der Waals surface area contributed by atoms with E-state index in [1.807, 2.05) is 0 Å². The van der Waals surface area contributed by atoms with Crippen LogP contribution in [0.25, 0.3) is 0 Å². The SMILES string of the molecule is O=C(NCc1ccccc1F)c1ccc(S(=O)(=O)NC2CCCCC2)cc1. The Kier molecular flexibility index (Phi) is 6.23. The first kappa shape index (κ1) is 19.5. The number of carbonyl (C=O) groups excluding carboxylic acids is 1. The second kappa shape index (κ2) is 8.63. The maximum atomic E-state index is 13.6. The van der Waals surface area contributed by atoms with Gasteiger partial charge in [-0.2, -0.15) is 0 Å². The Bertz CT molecular complexity index is 892. The number of rotatable bonds is 6. The van der Waals surface area contributed by atoms with Crippen molar-refractivity contribution >= 4 is 15.9 Å². The molecule has 27 heavy (non-hydrogen) atoms. The van der Waals surface area contributed by atoms with Gasteiger partial charge in [0.2, 0.25) is 10.0 Å². The van der Waals surface area contributed by atoms with E-state index in [1.165, 1.54) is 30.3 Å². The summed E-state index contributed by atoms with van der Waals surface area (Å²) in [5, 5.41) is 2.64. The summed E-state index contributed by atoms with van der Waals surface area (Å²) >= 11 is 0. The maximum absolute atomic E-state index is 13.6. The maximum Gasteiger partial charge on any atom is 0.251 e. The lowest BCUT2D eigenvalue weighted by Gasteiger charge is -2.22. The van der Waals surface area contributed by atoms with Gasteiger partial charge in [0.15, 0.2) is 0 Å². The van der Waals surface area contributed by atoms with Crippen molar-refractivity contribution in [1.29, 1.82) is 0 Å². The monoisotopic (exact) mass is 390 g/mol. The third kappa shape index (κ3) is 5.14. The number of hydrogen-bond donors (Lipinski definition) is 2. The first-order valence-electron chi connectivity index (χ1n) is 9.10. The summed E-state index contributed by atoms with van der Waals surface area (Å²) in [5.74, 6) is -0.768. The van der Waals surface area contributed by atoms with Crippen LogP contribution in [0.15, 0.2) is 53.4 Å². The Balaban J connectivity index is 1.62. The van der Waals surface area contributed by atoms with E-state index >= 15 is 0 Å². The number of nitrogens with one attached hydrogen (secondary N) is 2. The Morgan fingerprint density at radius 1 is 1.00 bits per heavy atom. The quantitative estimate of drug-likeness (QED) is 0.794. The Morgan fingerprint density at radius 3 is 2.33 bits per heavy atom. The van der Waals surface area contributed by atoms with E-state index in [0.29, 0.717) is 11.1 Å². The minimum absolute atomic E-state index is 0.0208. The van der Waals surface area contributed by atoms with E-state index in [1.54, 1.807) is 18.2 Å². The molecule has 0 atom stereocenters.